The van der Waals surface area contributed by atoms with Crippen molar-refractivity contribution in [3.63, 3.8) is 0 Å². The Morgan fingerprint density at radius 1 is 1.30 bits per heavy atom. The van der Waals surface area contributed by atoms with Crippen LogP contribution in [-0.2, 0) is 0 Å². The minimum atomic E-state index is -0.513. The Hall–Kier alpha value is -1.30. The SMILES string of the molecule is COc1cccc(OCC(O)CNCCCN(C)C)c1. The zero-order chi connectivity index (χ0) is 14.8. The minimum Gasteiger partial charge on any atom is -0.497 e. The van der Waals surface area contributed by atoms with E-state index in [1.165, 1.54) is 0 Å². The van der Waals surface area contributed by atoms with Gasteiger partial charge in [0.2, 0.25) is 0 Å². The second-order valence-electron chi connectivity index (χ2n) is 5.00. The fourth-order valence-corrected chi connectivity index (χ4v) is 1.73. The topological polar surface area (TPSA) is 54.0 Å². The van der Waals surface area contributed by atoms with Gasteiger partial charge in [0.1, 0.15) is 24.2 Å². The van der Waals surface area contributed by atoms with Crippen molar-refractivity contribution in [3.05, 3.63) is 24.3 Å². The number of benzene rings is 1. The van der Waals surface area contributed by atoms with Crippen molar-refractivity contribution >= 4 is 0 Å². The van der Waals surface area contributed by atoms with Crippen LogP contribution in [0.1, 0.15) is 6.42 Å². The molecule has 2 N–H and O–H groups in total. The highest BCUT2D eigenvalue weighted by Crippen LogP contribution is 2.18. The number of hydrogen-bond donors (Lipinski definition) is 2. The molecule has 0 spiro atoms. The molecule has 0 amide bonds. The molecular formula is C15H26N2O3. The third-order valence-electron chi connectivity index (χ3n) is 2.82. The maximum absolute atomic E-state index is 9.82. The molecule has 1 aromatic rings. The van der Waals surface area contributed by atoms with Crippen molar-refractivity contribution in [2.45, 2.75) is 12.5 Å². The number of ether oxygens (including phenoxy) is 2. The van der Waals surface area contributed by atoms with E-state index in [0.717, 1.165) is 25.3 Å². The lowest BCUT2D eigenvalue weighted by Crippen LogP contribution is -2.32. The number of rotatable bonds is 10. The van der Waals surface area contributed by atoms with Crippen molar-refractivity contribution in [2.75, 3.05) is 47.4 Å². The van der Waals surface area contributed by atoms with E-state index < -0.39 is 6.10 Å². The molecule has 1 rings (SSSR count). The highest BCUT2D eigenvalue weighted by molar-refractivity contribution is 5.32. The van der Waals surface area contributed by atoms with Crippen molar-refractivity contribution in [3.8, 4) is 11.5 Å². The lowest BCUT2D eigenvalue weighted by Gasteiger charge is -2.14. The smallest absolute Gasteiger partial charge is 0.123 e. The molecule has 0 aromatic heterocycles. The van der Waals surface area contributed by atoms with E-state index in [2.05, 4.69) is 24.3 Å². The van der Waals surface area contributed by atoms with Crippen LogP contribution in [0.4, 0.5) is 0 Å². The molecular weight excluding hydrogens is 256 g/mol. The monoisotopic (exact) mass is 282 g/mol. The number of aliphatic hydroxyl groups is 1. The van der Waals surface area contributed by atoms with Crippen molar-refractivity contribution in [2.24, 2.45) is 0 Å². The molecule has 0 aliphatic heterocycles. The van der Waals surface area contributed by atoms with Gasteiger partial charge >= 0.3 is 0 Å². The van der Waals surface area contributed by atoms with Crippen LogP contribution >= 0.6 is 0 Å². The number of hydrogen-bond acceptors (Lipinski definition) is 5. The van der Waals surface area contributed by atoms with E-state index in [-0.39, 0.29) is 6.61 Å². The molecule has 0 radical (unpaired) electrons. The maximum Gasteiger partial charge on any atom is 0.123 e. The summed E-state index contributed by atoms with van der Waals surface area (Å²) in [6.07, 6.45) is 0.553. The van der Waals surface area contributed by atoms with E-state index >= 15 is 0 Å². The first kappa shape index (κ1) is 16.8. The molecule has 1 aromatic carbocycles. The minimum absolute atomic E-state index is 0.272. The molecule has 0 heterocycles. The van der Waals surface area contributed by atoms with Crippen LogP contribution in [-0.4, -0.2) is 63.6 Å². The largest absolute Gasteiger partial charge is 0.497 e. The molecule has 5 nitrogen and oxygen atoms in total. The molecule has 0 bridgehead atoms. The summed E-state index contributed by atoms with van der Waals surface area (Å²) in [5.41, 5.74) is 0. The maximum atomic E-state index is 9.82. The van der Waals surface area contributed by atoms with Crippen LogP contribution in [0.15, 0.2) is 24.3 Å². The molecule has 5 heteroatoms. The summed E-state index contributed by atoms with van der Waals surface area (Å²) in [6.45, 7) is 2.75. The average molecular weight is 282 g/mol. The van der Waals surface area contributed by atoms with E-state index in [9.17, 15) is 5.11 Å². The van der Waals surface area contributed by atoms with Crippen molar-refractivity contribution in [1.82, 2.24) is 10.2 Å². The van der Waals surface area contributed by atoms with Crippen LogP contribution in [0.5, 0.6) is 11.5 Å². The zero-order valence-electron chi connectivity index (χ0n) is 12.6. The second-order valence-corrected chi connectivity index (χ2v) is 5.00. The second kappa shape index (κ2) is 9.58. The van der Waals surface area contributed by atoms with Gasteiger partial charge in [-0.1, -0.05) is 6.07 Å². The Morgan fingerprint density at radius 2 is 2.05 bits per heavy atom. The number of aliphatic hydroxyl groups excluding tert-OH is 1. The van der Waals surface area contributed by atoms with Gasteiger partial charge in [0, 0.05) is 12.6 Å². The number of nitrogens with zero attached hydrogens (tertiary/aromatic N) is 1. The Morgan fingerprint density at radius 3 is 2.75 bits per heavy atom. The first-order chi connectivity index (χ1) is 9.61. The Kier molecular flexibility index (Phi) is 8.02. The summed E-state index contributed by atoms with van der Waals surface area (Å²) in [4.78, 5) is 2.14. The van der Waals surface area contributed by atoms with Crippen LogP contribution in [0.2, 0.25) is 0 Å². The fourth-order valence-electron chi connectivity index (χ4n) is 1.73. The first-order valence-electron chi connectivity index (χ1n) is 6.92. The molecule has 1 unspecified atom stereocenters. The summed E-state index contributed by atoms with van der Waals surface area (Å²) in [5, 5.41) is 13.0. The highest BCUT2D eigenvalue weighted by atomic mass is 16.5. The van der Waals surface area contributed by atoms with Gasteiger partial charge in [-0.25, -0.2) is 0 Å². The summed E-state index contributed by atoms with van der Waals surface area (Å²) >= 11 is 0. The fraction of sp³-hybridized carbons (Fsp3) is 0.600. The predicted molar refractivity (Wildman–Crippen MR) is 80.5 cm³/mol. The lowest BCUT2D eigenvalue weighted by molar-refractivity contribution is 0.106. The normalized spacial score (nSPS) is 12.4. The quantitative estimate of drug-likeness (QED) is 0.627. The molecule has 0 saturated carbocycles. The van der Waals surface area contributed by atoms with Crippen molar-refractivity contribution < 1.29 is 14.6 Å². The van der Waals surface area contributed by atoms with E-state index in [0.29, 0.717) is 12.3 Å². The molecule has 0 aliphatic rings. The van der Waals surface area contributed by atoms with Gasteiger partial charge in [-0.05, 0) is 45.7 Å². The van der Waals surface area contributed by atoms with Gasteiger partial charge in [0.25, 0.3) is 0 Å². The number of methoxy groups -OCH3 is 1. The number of nitrogens with one attached hydrogen (secondary N) is 1. The molecule has 0 aliphatic carbocycles. The third-order valence-corrected chi connectivity index (χ3v) is 2.82. The van der Waals surface area contributed by atoms with Crippen LogP contribution in [0.3, 0.4) is 0 Å². The molecule has 0 fully saturated rings. The van der Waals surface area contributed by atoms with Gasteiger partial charge < -0.3 is 24.8 Å². The molecule has 114 valence electrons. The van der Waals surface area contributed by atoms with E-state index in [1.54, 1.807) is 13.2 Å². The predicted octanol–water partition coefficient (Wildman–Crippen LogP) is 0.976. The first-order valence-corrected chi connectivity index (χ1v) is 6.92. The van der Waals surface area contributed by atoms with Gasteiger partial charge in [0.05, 0.1) is 7.11 Å². The van der Waals surface area contributed by atoms with Crippen molar-refractivity contribution in [1.29, 1.82) is 0 Å². The lowest BCUT2D eigenvalue weighted by atomic mass is 10.3. The summed E-state index contributed by atoms with van der Waals surface area (Å²) < 4.78 is 10.6. The van der Waals surface area contributed by atoms with Gasteiger partial charge in [-0.3, -0.25) is 0 Å². The molecule has 1 atom stereocenters. The third kappa shape index (κ3) is 7.33. The summed E-state index contributed by atoms with van der Waals surface area (Å²) in [7, 11) is 5.72. The highest BCUT2D eigenvalue weighted by Gasteiger charge is 2.05. The molecule has 20 heavy (non-hydrogen) atoms. The Labute approximate surface area is 121 Å². The van der Waals surface area contributed by atoms with Crippen LogP contribution in [0, 0.1) is 0 Å². The van der Waals surface area contributed by atoms with Crippen LogP contribution < -0.4 is 14.8 Å². The summed E-state index contributed by atoms with van der Waals surface area (Å²) in [5.74, 6) is 1.45. The summed E-state index contributed by atoms with van der Waals surface area (Å²) in [6, 6.07) is 7.37. The van der Waals surface area contributed by atoms with E-state index in [1.807, 2.05) is 18.2 Å². The standard InChI is InChI=1S/C15H26N2O3/c1-17(2)9-5-8-16-11-13(18)12-20-15-7-4-6-14(10-15)19-3/h4,6-7,10,13,16,18H,5,8-9,11-12H2,1-3H3. The van der Waals surface area contributed by atoms with Gasteiger partial charge in [-0.2, -0.15) is 0 Å². The zero-order valence-corrected chi connectivity index (χ0v) is 12.6. The van der Waals surface area contributed by atoms with Gasteiger partial charge in [-0.15, -0.1) is 0 Å². The van der Waals surface area contributed by atoms with Crippen LogP contribution in [0.25, 0.3) is 0 Å². The average Bonchev–Trinajstić information content (AvgIpc) is 2.44. The molecule has 0 saturated heterocycles. The van der Waals surface area contributed by atoms with E-state index in [4.69, 9.17) is 9.47 Å². The Bertz CT molecular complexity index is 372. The Balaban J connectivity index is 2.14. The van der Waals surface area contributed by atoms with Gasteiger partial charge in [0.15, 0.2) is 0 Å².